The van der Waals surface area contributed by atoms with Crippen LogP contribution >= 0.6 is 11.6 Å². The third kappa shape index (κ3) is 3.09. The highest BCUT2D eigenvalue weighted by atomic mass is 35.5. The van der Waals surface area contributed by atoms with E-state index in [0.29, 0.717) is 11.1 Å². The summed E-state index contributed by atoms with van der Waals surface area (Å²) < 4.78 is 13.2. The van der Waals surface area contributed by atoms with Crippen LogP contribution in [0.25, 0.3) is 0 Å². The average Bonchev–Trinajstić information content (AvgIpc) is 2.48. The standard InChI is InChI=1S/C16H22ClFN2/c17-14-10-13(18)6-7-16(14)20-9-8-19-15(11-20)12-4-2-1-3-5-12/h6-7,10,12,15,19H,1-5,8-9,11H2. The van der Waals surface area contributed by atoms with Crippen molar-refractivity contribution in [1.82, 2.24) is 5.32 Å². The fraction of sp³-hybridized carbons (Fsp3) is 0.625. The van der Waals surface area contributed by atoms with Gasteiger partial charge in [0, 0.05) is 25.7 Å². The van der Waals surface area contributed by atoms with E-state index in [9.17, 15) is 4.39 Å². The summed E-state index contributed by atoms with van der Waals surface area (Å²) in [6, 6.07) is 5.26. The van der Waals surface area contributed by atoms with Gasteiger partial charge >= 0.3 is 0 Å². The topological polar surface area (TPSA) is 15.3 Å². The average molecular weight is 297 g/mol. The molecule has 1 saturated carbocycles. The summed E-state index contributed by atoms with van der Waals surface area (Å²) in [5.74, 6) is 0.517. The second-order valence-corrected chi connectivity index (χ2v) is 6.41. The molecule has 1 atom stereocenters. The second-order valence-electron chi connectivity index (χ2n) is 6.00. The van der Waals surface area contributed by atoms with Crippen molar-refractivity contribution in [3.05, 3.63) is 29.0 Å². The highest BCUT2D eigenvalue weighted by Crippen LogP contribution is 2.31. The van der Waals surface area contributed by atoms with Gasteiger partial charge in [-0.15, -0.1) is 0 Å². The highest BCUT2D eigenvalue weighted by Gasteiger charge is 2.28. The number of nitrogens with one attached hydrogen (secondary N) is 1. The third-order valence-electron chi connectivity index (χ3n) is 4.67. The molecule has 1 aromatic rings. The van der Waals surface area contributed by atoms with Crippen LogP contribution in [-0.4, -0.2) is 25.7 Å². The van der Waals surface area contributed by atoms with Gasteiger partial charge in [0.25, 0.3) is 0 Å². The van der Waals surface area contributed by atoms with Crippen LogP contribution in [0, 0.1) is 11.7 Å². The molecule has 1 unspecified atom stereocenters. The van der Waals surface area contributed by atoms with Crippen molar-refractivity contribution in [3.8, 4) is 0 Å². The molecule has 1 saturated heterocycles. The maximum atomic E-state index is 13.2. The lowest BCUT2D eigenvalue weighted by Crippen LogP contribution is -2.54. The summed E-state index contributed by atoms with van der Waals surface area (Å²) in [4.78, 5) is 2.30. The Morgan fingerprint density at radius 1 is 1.20 bits per heavy atom. The quantitative estimate of drug-likeness (QED) is 0.892. The van der Waals surface area contributed by atoms with Crippen molar-refractivity contribution in [2.75, 3.05) is 24.5 Å². The predicted octanol–water partition coefficient (Wildman–Crippen LogP) is 3.84. The van der Waals surface area contributed by atoms with Crippen LogP contribution in [0.3, 0.4) is 0 Å². The zero-order valence-corrected chi connectivity index (χ0v) is 12.5. The summed E-state index contributed by atoms with van der Waals surface area (Å²) in [5.41, 5.74) is 0.968. The lowest BCUT2D eigenvalue weighted by atomic mass is 9.83. The van der Waals surface area contributed by atoms with E-state index in [-0.39, 0.29) is 5.82 Å². The van der Waals surface area contributed by atoms with Crippen LogP contribution < -0.4 is 10.2 Å². The Bertz CT molecular complexity index is 460. The van der Waals surface area contributed by atoms with Crippen molar-refractivity contribution < 1.29 is 4.39 Å². The van der Waals surface area contributed by atoms with Gasteiger partial charge in [-0.2, -0.15) is 0 Å². The number of halogens is 2. The lowest BCUT2D eigenvalue weighted by molar-refractivity contribution is 0.257. The first-order valence-electron chi connectivity index (χ1n) is 7.67. The fourth-order valence-corrected chi connectivity index (χ4v) is 3.87. The van der Waals surface area contributed by atoms with E-state index in [0.717, 1.165) is 31.2 Å². The molecule has 1 aliphatic heterocycles. The third-order valence-corrected chi connectivity index (χ3v) is 4.98. The Balaban J connectivity index is 1.71. The zero-order chi connectivity index (χ0) is 13.9. The summed E-state index contributed by atoms with van der Waals surface area (Å²) in [5, 5.41) is 4.18. The first-order valence-corrected chi connectivity index (χ1v) is 8.05. The largest absolute Gasteiger partial charge is 0.367 e. The van der Waals surface area contributed by atoms with Gasteiger partial charge < -0.3 is 10.2 Å². The van der Waals surface area contributed by atoms with Crippen molar-refractivity contribution >= 4 is 17.3 Å². The van der Waals surface area contributed by atoms with Crippen LogP contribution in [0.2, 0.25) is 5.02 Å². The van der Waals surface area contributed by atoms with Crippen LogP contribution in [-0.2, 0) is 0 Å². The number of hydrogen-bond donors (Lipinski definition) is 1. The van der Waals surface area contributed by atoms with Gasteiger partial charge in [0.1, 0.15) is 5.82 Å². The number of rotatable bonds is 2. The smallest absolute Gasteiger partial charge is 0.124 e. The monoisotopic (exact) mass is 296 g/mol. The minimum atomic E-state index is -0.266. The van der Waals surface area contributed by atoms with Crippen LogP contribution in [0.4, 0.5) is 10.1 Å². The Labute approximate surface area is 125 Å². The van der Waals surface area contributed by atoms with E-state index in [1.807, 2.05) is 0 Å². The molecule has 1 aliphatic carbocycles. The first kappa shape index (κ1) is 14.2. The molecule has 110 valence electrons. The normalized spacial score (nSPS) is 24.9. The molecule has 20 heavy (non-hydrogen) atoms. The zero-order valence-electron chi connectivity index (χ0n) is 11.7. The summed E-state index contributed by atoms with van der Waals surface area (Å²) in [7, 11) is 0. The minimum absolute atomic E-state index is 0.266. The molecule has 1 heterocycles. The van der Waals surface area contributed by atoms with Crippen LogP contribution in [0.5, 0.6) is 0 Å². The molecule has 0 spiro atoms. The summed E-state index contributed by atoms with van der Waals surface area (Å²) >= 11 is 6.19. The lowest BCUT2D eigenvalue weighted by Gasteiger charge is -2.40. The molecule has 0 amide bonds. The van der Waals surface area contributed by atoms with Crippen LogP contribution in [0.1, 0.15) is 32.1 Å². The summed E-state index contributed by atoms with van der Waals surface area (Å²) in [6.07, 6.45) is 6.78. The molecule has 1 aromatic carbocycles. The van der Waals surface area contributed by atoms with E-state index in [1.54, 1.807) is 6.07 Å². The summed E-state index contributed by atoms with van der Waals surface area (Å²) in [6.45, 7) is 2.90. The van der Waals surface area contributed by atoms with Gasteiger partial charge in [-0.05, 0) is 37.0 Å². The molecule has 1 N–H and O–H groups in total. The Hall–Kier alpha value is -0.800. The SMILES string of the molecule is Fc1ccc(N2CCNC(C3CCCCC3)C2)c(Cl)c1. The van der Waals surface area contributed by atoms with Gasteiger partial charge in [0.05, 0.1) is 10.7 Å². The Morgan fingerprint density at radius 2 is 2.00 bits per heavy atom. The number of anilines is 1. The number of nitrogens with zero attached hydrogens (tertiary/aromatic N) is 1. The van der Waals surface area contributed by atoms with Crippen molar-refractivity contribution in [1.29, 1.82) is 0 Å². The van der Waals surface area contributed by atoms with Crippen molar-refractivity contribution in [2.24, 2.45) is 5.92 Å². The molecule has 3 rings (SSSR count). The Morgan fingerprint density at radius 3 is 2.75 bits per heavy atom. The molecule has 4 heteroatoms. The van der Waals surface area contributed by atoms with E-state index >= 15 is 0 Å². The first-order chi connectivity index (χ1) is 9.74. The van der Waals surface area contributed by atoms with E-state index < -0.39 is 0 Å². The molecule has 0 aromatic heterocycles. The van der Waals surface area contributed by atoms with Gasteiger partial charge in [0.15, 0.2) is 0 Å². The highest BCUT2D eigenvalue weighted by molar-refractivity contribution is 6.33. The second kappa shape index (κ2) is 6.31. The molecular weight excluding hydrogens is 275 g/mol. The fourth-order valence-electron chi connectivity index (χ4n) is 3.59. The van der Waals surface area contributed by atoms with Gasteiger partial charge in [-0.25, -0.2) is 4.39 Å². The molecule has 0 radical (unpaired) electrons. The van der Waals surface area contributed by atoms with Crippen molar-refractivity contribution in [3.63, 3.8) is 0 Å². The molecule has 2 fully saturated rings. The maximum absolute atomic E-state index is 13.2. The van der Waals surface area contributed by atoms with E-state index in [2.05, 4.69) is 10.2 Å². The maximum Gasteiger partial charge on any atom is 0.124 e. The minimum Gasteiger partial charge on any atom is -0.367 e. The number of hydrogen-bond acceptors (Lipinski definition) is 2. The van der Waals surface area contributed by atoms with Gasteiger partial charge in [-0.3, -0.25) is 0 Å². The van der Waals surface area contributed by atoms with Gasteiger partial charge in [-0.1, -0.05) is 30.9 Å². The van der Waals surface area contributed by atoms with Crippen molar-refractivity contribution in [2.45, 2.75) is 38.1 Å². The molecule has 2 aliphatic rings. The Kier molecular flexibility index (Phi) is 4.47. The number of benzene rings is 1. The molecule has 2 nitrogen and oxygen atoms in total. The van der Waals surface area contributed by atoms with E-state index in [4.69, 9.17) is 11.6 Å². The van der Waals surface area contributed by atoms with Crippen LogP contribution in [0.15, 0.2) is 18.2 Å². The van der Waals surface area contributed by atoms with Gasteiger partial charge in [0.2, 0.25) is 0 Å². The molecule has 0 bridgehead atoms. The number of piperazine rings is 1. The molecular formula is C16H22ClFN2. The van der Waals surface area contributed by atoms with E-state index in [1.165, 1.54) is 44.2 Å². The predicted molar refractivity (Wildman–Crippen MR) is 82.0 cm³/mol.